The minimum absolute atomic E-state index is 0.659. The standard InChI is InChI=1S/C16H25ClN2/c1-2-9-19-16-7-5-3-4-6-14(16)11-13-8-10-18-12-15(13)17/h8,10,12,14,16,19H,2-7,9,11H2,1H3. The highest BCUT2D eigenvalue weighted by molar-refractivity contribution is 6.31. The van der Waals surface area contributed by atoms with Crippen molar-refractivity contribution >= 4 is 11.6 Å². The van der Waals surface area contributed by atoms with Crippen molar-refractivity contribution in [1.82, 2.24) is 10.3 Å². The maximum Gasteiger partial charge on any atom is 0.0621 e. The van der Waals surface area contributed by atoms with Crippen molar-refractivity contribution in [2.75, 3.05) is 6.54 Å². The number of pyridine rings is 1. The third-order valence-corrected chi connectivity index (χ3v) is 4.49. The van der Waals surface area contributed by atoms with Crippen molar-refractivity contribution < 1.29 is 0 Å². The second-order valence-corrected chi connectivity index (χ2v) is 6.04. The number of nitrogens with zero attached hydrogens (tertiary/aromatic N) is 1. The number of hydrogen-bond donors (Lipinski definition) is 1. The van der Waals surface area contributed by atoms with E-state index in [1.165, 1.54) is 44.1 Å². The Morgan fingerprint density at radius 2 is 2.16 bits per heavy atom. The van der Waals surface area contributed by atoms with E-state index in [4.69, 9.17) is 11.6 Å². The van der Waals surface area contributed by atoms with Crippen LogP contribution in [0.4, 0.5) is 0 Å². The fraction of sp³-hybridized carbons (Fsp3) is 0.688. The highest BCUT2D eigenvalue weighted by Crippen LogP contribution is 2.28. The fourth-order valence-electron chi connectivity index (χ4n) is 3.08. The average molecular weight is 281 g/mol. The lowest BCUT2D eigenvalue weighted by Crippen LogP contribution is -2.37. The SMILES string of the molecule is CCCNC1CCCCCC1Cc1ccncc1Cl. The number of aromatic nitrogens is 1. The smallest absolute Gasteiger partial charge is 0.0621 e. The summed E-state index contributed by atoms with van der Waals surface area (Å²) in [5.41, 5.74) is 1.26. The molecule has 0 radical (unpaired) electrons. The van der Waals surface area contributed by atoms with E-state index in [0.29, 0.717) is 12.0 Å². The van der Waals surface area contributed by atoms with Crippen molar-refractivity contribution in [3.8, 4) is 0 Å². The molecule has 2 nitrogen and oxygen atoms in total. The first-order valence-corrected chi connectivity index (χ1v) is 8.00. The Hall–Kier alpha value is -0.600. The van der Waals surface area contributed by atoms with Crippen LogP contribution < -0.4 is 5.32 Å². The molecular weight excluding hydrogens is 256 g/mol. The monoisotopic (exact) mass is 280 g/mol. The van der Waals surface area contributed by atoms with Gasteiger partial charge in [0, 0.05) is 18.4 Å². The molecule has 19 heavy (non-hydrogen) atoms. The van der Waals surface area contributed by atoms with E-state index in [-0.39, 0.29) is 0 Å². The van der Waals surface area contributed by atoms with Crippen molar-refractivity contribution in [1.29, 1.82) is 0 Å². The Labute approximate surface area is 122 Å². The van der Waals surface area contributed by atoms with E-state index in [2.05, 4.69) is 23.3 Å². The fourth-order valence-corrected chi connectivity index (χ4v) is 3.28. The zero-order chi connectivity index (χ0) is 13.5. The van der Waals surface area contributed by atoms with Gasteiger partial charge in [-0.2, -0.15) is 0 Å². The second kappa shape index (κ2) is 7.86. The Kier molecular flexibility index (Phi) is 6.12. The minimum Gasteiger partial charge on any atom is -0.314 e. The van der Waals surface area contributed by atoms with E-state index < -0.39 is 0 Å². The van der Waals surface area contributed by atoms with Gasteiger partial charge in [-0.25, -0.2) is 0 Å². The van der Waals surface area contributed by atoms with Crippen molar-refractivity contribution in [3.63, 3.8) is 0 Å². The summed E-state index contributed by atoms with van der Waals surface area (Å²) in [4.78, 5) is 4.08. The van der Waals surface area contributed by atoms with Crippen LogP contribution in [-0.2, 0) is 6.42 Å². The summed E-state index contributed by atoms with van der Waals surface area (Å²) >= 11 is 6.25. The van der Waals surface area contributed by atoms with Gasteiger partial charge in [-0.1, -0.05) is 37.8 Å². The van der Waals surface area contributed by atoms with Gasteiger partial charge in [0.2, 0.25) is 0 Å². The van der Waals surface area contributed by atoms with Crippen LogP contribution in [-0.4, -0.2) is 17.6 Å². The van der Waals surface area contributed by atoms with E-state index >= 15 is 0 Å². The number of halogens is 1. The number of rotatable bonds is 5. The molecular formula is C16H25ClN2. The molecule has 1 aromatic heterocycles. The molecule has 3 heteroatoms. The Bertz CT molecular complexity index is 381. The predicted octanol–water partition coefficient (Wildman–Crippen LogP) is 4.23. The van der Waals surface area contributed by atoms with E-state index in [1.807, 2.05) is 6.20 Å². The molecule has 1 aliphatic carbocycles. The van der Waals surface area contributed by atoms with Crippen molar-refractivity contribution in [2.45, 2.75) is 57.9 Å². The molecule has 2 atom stereocenters. The summed E-state index contributed by atoms with van der Waals surface area (Å²) in [6.07, 6.45) is 12.6. The van der Waals surface area contributed by atoms with Gasteiger partial charge in [0.25, 0.3) is 0 Å². The molecule has 1 aromatic rings. The molecule has 1 aliphatic rings. The molecule has 2 unspecified atom stereocenters. The summed E-state index contributed by atoms with van der Waals surface area (Å²) in [6.45, 7) is 3.36. The second-order valence-electron chi connectivity index (χ2n) is 5.63. The molecule has 0 spiro atoms. The quantitative estimate of drug-likeness (QED) is 0.817. The molecule has 0 aliphatic heterocycles. The van der Waals surface area contributed by atoms with Crippen LogP contribution in [0.2, 0.25) is 5.02 Å². The predicted molar refractivity (Wildman–Crippen MR) is 81.6 cm³/mol. The zero-order valence-electron chi connectivity index (χ0n) is 11.9. The van der Waals surface area contributed by atoms with Crippen LogP contribution in [0.15, 0.2) is 18.5 Å². The lowest BCUT2D eigenvalue weighted by atomic mass is 9.88. The number of hydrogen-bond acceptors (Lipinski definition) is 2. The van der Waals surface area contributed by atoms with Gasteiger partial charge in [-0.15, -0.1) is 0 Å². The van der Waals surface area contributed by atoms with Crippen LogP contribution in [0.1, 0.15) is 51.0 Å². The maximum atomic E-state index is 6.25. The molecule has 2 rings (SSSR count). The molecule has 0 bridgehead atoms. The first-order chi connectivity index (χ1) is 9.31. The van der Waals surface area contributed by atoms with Crippen molar-refractivity contribution in [2.24, 2.45) is 5.92 Å². The minimum atomic E-state index is 0.659. The topological polar surface area (TPSA) is 24.9 Å². The van der Waals surface area contributed by atoms with Gasteiger partial charge >= 0.3 is 0 Å². The van der Waals surface area contributed by atoms with Gasteiger partial charge in [-0.3, -0.25) is 4.98 Å². The molecule has 1 saturated carbocycles. The van der Waals surface area contributed by atoms with Crippen LogP contribution in [0, 0.1) is 5.92 Å². The average Bonchev–Trinajstić information content (AvgIpc) is 2.64. The maximum absolute atomic E-state index is 6.25. The van der Waals surface area contributed by atoms with Crippen LogP contribution in [0.3, 0.4) is 0 Å². The third-order valence-electron chi connectivity index (χ3n) is 4.15. The van der Waals surface area contributed by atoms with Crippen molar-refractivity contribution in [3.05, 3.63) is 29.0 Å². The normalized spacial score (nSPS) is 24.1. The van der Waals surface area contributed by atoms with Crippen LogP contribution in [0.25, 0.3) is 0 Å². The van der Waals surface area contributed by atoms with Crippen LogP contribution in [0.5, 0.6) is 0 Å². The third kappa shape index (κ3) is 4.47. The molecule has 0 amide bonds. The lowest BCUT2D eigenvalue weighted by molar-refractivity contribution is 0.332. The highest BCUT2D eigenvalue weighted by atomic mass is 35.5. The zero-order valence-corrected chi connectivity index (χ0v) is 12.6. The van der Waals surface area contributed by atoms with Gasteiger partial charge in [-0.05, 0) is 49.8 Å². The Morgan fingerprint density at radius 1 is 1.32 bits per heavy atom. The summed E-state index contributed by atoms with van der Waals surface area (Å²) in [5.74, 6) is 0.717. The summed E-state index contributed by atoms with van der Waals surface area (Å²) in [5, 5.41) is 4.56. The van der Waals surface area contributed by atoms with Gasteiger partial charge in [0.1, 0.15) is 0 Å². The molecule has 106 valence electrons. The van der Waals surface area contributed by atoms with Gasteiger partial charge < -0.3 is 5.32 Å². The first kappa shape index (κ1) is 14.8. The molecule has 0 saturated heterocycles. The summed E-state index contributed by atoms with van der Waals surface area (Å²) in [6, 6.07) is 2.73. The highest BCUT2D eigenvalue weighted by Gasteiger charge is 2.23. The Morgan fingerprint density at radius 3 is 2.95 bits per heavy atom. The van der Waals surface area contributed by atoms with Gasteiger partial charge in [0.05, 0.1) is 5.02 Å². The molecule has 0 aromatic carbocycles. The number of nitrogens with one attached hydrogen (secondary N) is 1. The Balaban J connectivity index is 2.03. The first-order valence-electron chi connectivity index (χ1n) is 7.63. The molecule has 1 N–H and O–H groups in total. The van der Waals surface area contributed by atoms with E-state index in [1.54, 1.807) is 6.20 Å². The summed E-state index contributed by atoms with van der Waals surface area (Å²) in [7, 11) is 0. The largest absolute Gasteiger partial charge is 0.314 e. The summed E-state index contributed by atoms with van der Waals surface area (Å²) < 4.78 is 0. The van der Waals surface area contributed by atoms with Gasteiger partial charge in [0.15, 0.2) is 0 Å². The molecule has 1 fully saturated rings. The lowest BCUT2D eigenvalue weighted by Gasteiger charge is -2.26. The van der Waals surface area contributed by atoms with Crippen LogP contribution >= 0.6 is 11.6 Å². The molecule has 1 heterocycles. The van der Waals surface area contributed by atoms with E-state index in [0.717, 1.165) is 18.0 Å². The van der Waals surface area contributed by atoms with E-state index in [9.17, 15) is 0 Å².